The van der Waals surface area contributed by atoms with Gasteiger partial charge in [-0.25, -0.2) is 14.8 Å². The van der Waals surface area contributed by atoms with Crippen molar-refractivity contribution in [1.29, 1.82) is 0 Å². The average Bonchev–Trinajstić information content (AvgIpc) is 2.43. The van der Waals surface area contributed by atoms with Crippen molar-refractivity contribution in [2.45, 2.75) is 13.5 Å². The summed E-state index contributed by atoms with van der Waals surface area (Å²) < 4.78 is 1.53. The average molecular weight is 286 g/mol. The zero-order valence-electron chi connectivity index (χ0n) is 10.9. The van der Waals surface area contributed by atoms with Gasteiger partial charge in [0.1, 0.15) is 5.15 Å². The Labute approximate surface area is 120 Å². The minimum atomic E-state index is -0.292. The Bertz CT molecular complexity index is 842. The van der Waals surface area contributed by atoms with Crippen molar-refractivity contribution >= 4 is 22.5 Å². The van der Waals surface area contributed by atoms with E-state index in [0.717, 1.165) is 22.0 Å². The summed E-state index contributed by atoms with van der Waals surface area (Å²) in [6.07, 6.45) is 3.32. The van der Waals surface area contributed by atoms with Gasteiger partial charge in [0, 0.05) is 23.3 Å². The van der Waals surface area contributed by atoms with E-state index >= 15 is 0 Å². The summed E-state index contributed by atoms with van der Waals surface area (Å²) in [6, 6.07) is 9.70. The number of pyridine rings is 1. The summed E-state index contributed by atoms with van der Waals surface area (Å²) in [6.45, 7) is 2.26. The third-order valence-electron chi connectivity index (χ3n) is 3.07. The van der Waals surface area contributed by atoms with Crippen molar-refractivity contribution in [2.75, 3.05) is 0 Å². The molecular weight excluding hydrogens is 274 g/mol. The van der Waals surface area contributed by atoms with Crippen LogP contribution in [0.25, 0.3) is 10.9 Å². The number of aryl methyl sites for hydroxylation is 1. The Morgan fingerprint density at radius 2 is 2.10 bits per heavy atom. The minimum absolute atomic E-state index is 0.292. The van der Waals surface area contributed by atoms with Gasteiger partial charge in [0.2, 0.25) is 0 Å². The van der Waals surface area contributed by atoms with Gasteiger partial charge in [-0.3, -0.25) is 4.57 Å². The van der Waals surface area contributed by atoms with Crippen LogP contribution in [-0.4, -0.2) is 14.5 Å². The first-order valence-electron chi connectivity index (χ1n) is 6.21. The van der Waals surface area contributed by atoms with E-state index in [2.05, 4.69) is 9.97 Å². The number of benzene rings is 1. The summed E-state index contributed by atoms with van der Waals surface area (Å²) in [4.78, 5) is 19.9. The molecule has 0 bridgehead atoms. The highest BCUT2D eigenvalue weighted by Crippen LogP contribution is 2.20. The normalized spacial score (nSPS) is 10.9. The lowest BCUT2D eigenvalue weighted by molar-refractivity contribution is 0.720. The molecule has 0 aliphatic rings. The predicted molar refractivity (Wildman–Crippen MR) is 79.1 cm³/mol. The third-order valence-corrected chi connectivity index (χ3v) is 3.40. The molecule has 0 N–H and O–H groups in total. The molecule has 20 heavy (non-hydrogen) atoms. The Morgan fingerprint density at radius 3 is 2.95 bits per heavy atom. The molecule has 0 saturated carbocycles. The SMILES string of the molecule is Cc1cnc(=O)n(Cc2cc3ccccc3nc2Cl)c1. The lowest BCUT2D eigenvalue weighted by Gasteiger charge is -2.08. The van der Waals surface area contributed by atoms with Crippen LogP contribution in [0, 0.1) is 6.92 Å². The summed E-state index contributed by atoms with van der Waals surface area (Å²) >= 11 is 6.20. The molecule has 0 unspecified atom stereocenters. The smallest absolute Gasteiger partial charge is 0.294 e. The Hall–Kier alpha value is -2.20. The summed E-state index contributed by atoms with van der Waals surface area (Å²) in [5.41, 5.74) is 2.28. The topological polar surface area (TPSA) is 47.8 Å². The fourth-order valence-corrected chi connectivity index (χ4v) is 2.31. The number of para-hydroxylation sites is 1. The molecule has 3 rings (SSSR count). The first kappa shape index (κ1) is 12.8. The molecule has 0 aliphatic heterocycles. The van der Waals surface area contributed by atoms with Gasteiger partial charge in [-0.1, -0.05) is 29.8 Å². The Balaban J connectivity index is 2.08. The second kappa shape index (κ2) is 5.06. The molecule has 0 spiro atoms. The van der Waals surface area contributed by atoms with Crippen molar-refractivity contribution in [1.82, 2.24) is 14.5 Å². The van der Waals surface area contributed by atoms with E-state index < -0.39 is 0 Å². The first-order valence-corrected chi connectivity index (χ1v) is 6.58. The molecule has 0 saturated heterocycles. The van der Waals surface area contributed by atoms with E-state index in [-0.39, 0.29) is 5.69 Å². The molecular formula is C15H12ClN3O. The van der Waals surface area contributed by atoms with E-state index in [1.165, 1.54) is 4.57 Å². The maximum absolute atomic E-state index is 11.7. The molecule has 0 fully saturated rings. The summed E-state index contributed by atoms with van der Waals surface area (Å²) in [5.74, 6) is 0. The number of halogens is 1. The number of rotatable bonds is 2. The van der Waals surface area contributed by atoms with Gasteiger partial charge in [-0.15, -0.1) is 0 Å². The van der Waals surface area contributed by atoms with Crippen LogP contribution in [0.15, 0.2) is 47.5 Å². The van der Waals surface area contributed by atoms with Crippen LogP contribution in [0.5, 0.6) is 0 Å². The quantitative estimate of drug-likeness (QED) is 0.680. The van der Waals surface area contributed by atoms with Gasteiger partial charge in [0.05, 0.1) is 12.1 Å². The maximum atomic E-state index is 11.7. The Kier molecular flexibility index (Phi) is 3.24. The zero-order chi connectivity index (χ0) is 14.1. The third kappa shape index (κ3) is 2.42. The van der Waals surface area contributed by atoms with Crippen LogP contribution in [0.4, 0.5) is 0 Å². The largest absolute Gasteiger partial charge is 0.347 e. The van der Waals surface area contributed by atoms with Crippen LogP contribution in [0.3, 0.4) is 0 Å². The molecule has 0 radical (unpaired) electrons. The fourth-order valence-electron chi connectivity index (χ4n) is 2.11. The van der Waals surface area contributed by atoms with E-state index in [1.807, 2.05) is 37.3 Å². The van der Waals surface area contributed by atoms with Gasteiger partial charge >= 0.3 is 5.69 Å². The second-order valence-corrected chi connectivity index (χ2v) is 5.03. The molecule has 4 nitrogen and oxygen atoms in total. The van der Waals surface area contributed by atoms with Gasteiger partial charge in [0.25, 0.3) is 0 Å². The molecule has 3 aromatic rings. The van der Waals surface area contributed by atoms with E-state index in [1.54, 1.807) is 12.4 Å². The van der Waals surface area contributed by atoms with E-state index in [4.69, 9.17) is 11.6 Å². The van der Waals surface area contributed by atoms with E-state index in [0.29, 0.717) is 11.7 Å². The molecule has 0 aliphatic carbocycles. The van der Waals surface area contributed by atoms with Gasteiger partial charge < -0.3 is 0 Å². The van der Waals surface area contributed by atoms with Gasteiger partial charge in [0.15, 0.2) is 0 Å². The zero-order valence-corrected chi connectivity index (χ0v) is 11.6. The van der Waals surface area contributed by atoms with Crippen molar-refractivity contribution in [3.63, 3.8) is 0 Å². The fraction of sp³-hybridized carbons (Fsp3) is 0.133. The highest BCUT2D eigenvalue weighted by atomic mass is 35.5. The van der Waals surface area contributed by atoms with Crippen molar-refractivity contribution in [2.24, 2.45) is 0 Å². The van der Waals surface area contributed by atoms with Crippen LogP contribution < -0.4 is 5.69 Å². The lowest BCUT2D eigenvalue weighted by Crippen LogP contribution is -2.23. The van der Waals surface area contributed by atoms with Crippen molar-refractivity contribution in [3.05, 3.63) is 69.5 Å². The number of hydrogen-bond acceptors (Lipinski definition) is 3. The molecule has 2 heterocycles. The number of nitrogens with zero attached hydrogens (tertiary/aromatic N) is 3. The van der Waals surface area contributed by atoms with Crippen molar-refractivity contribution in [3.8, 4) is 0 Å². The maximum Gasteiger partial charge on any atom is 0.347 e. The first-order chi connectivity index (χ1) is 9.63. The highest BCUT2D eigenvalue weighted by molar-refractivity contribution is 6.30. The summed E-state index contributed by atoms with van der Waals surface area (Å²) in [5, 5.41) is 1.41. The van der Waals surface area contributed by atoms with Gasteiger partial charge in [-0.05, 0) is 24.6 Å². The van der Waals surface area contributed by atoms with Crippen LogP contribution >= 0.6 is 11.6 Å². The monoisotopic (exact) mass is 285 g/mol. The standard InChI is InChI=1S/C15H12ClN3O/c1-10-7-17-15(20)19(8-10)9-12-6-11-4-2-3-5-13(11)18-14(12)16/h2-8H,9H2,1H3. The molecule has 1 aromatic carbocycles. The van der Waals surface area contributed by atoms with Gasteiger partial charge in [-0.2, -0.15) is 0 Å². The second-order valence-electron chi connectivity index (χ2n) is 4.67. The van der Waals surface area contributed by atoms with Crippen LogP contribution in [-0.2, 0) is 6.54 Å². The number of aromatic nitrogens is 3. The van der Waals surface area contributed by atoms with Crippen LogP contribution in [0.1, 0.15) is 11.1 Å². The minimum Gasteiger partial charge on any atom is -0.294 e. The molecule has 5 heteroatoms. The van der Waals surface area contributed by atoms with Crippen LogP contribution in [0.2, 0.25) is 5.15 Å². The number of hydrogen-bond donors (Lipinski definition) is 0. The van der Waals surface area contributed by atoms with E-state index in [9.17, 15) is 4.79 Å². The number of fused-ring (bicyclic) bond motifs is 1. The lowest BCUT2D eigenvalue weighted by atomic mass is 10.1. The molecule has 0 atom stereocenters. The summed E-state index contributed by atoms with van der Waals surface area (Å²) in [7, 11) is 0. The highest BCUT2D eigenvalue weighted by Gasteiger charge is 2.07. The molecule has 0 amide bonds. The predicted octanol–water partition coefficient (Wildman–Crippen LogP) is 2.80. The molecule has 100 valence electrons. The Morgan fingerprint density at radius 1 is 1.30 bits per heavy atom. The van der Waals surface area contributed by atoms with Crippen molar-refractivity contribution < 1.29 is 0 Å². The molecule has 2 aromatic heterocycles.